The Kier molecular flexibility index (Phi) is 5.65. The van der Waals surface area contributed by atoms with E-state index in [0.717, 1.165) is 11.9 Å². The molecule has 5 aliphatic rings. The van der Waals surface area contributed by atoms with Gasteiger partial charge in [0.1, 0.15) is 30.0 Å². The summed E-state index contributed by atoms with van der Waals surface area (Å²) >= 11 is 0. The zero-order valence-electron chi connectivity index (χ0n) is 20.8. The SMILES string of the molecule is CC(C)C1=C[C@@H]2CC3(C=O)[C@@H]4CC[C@](C)(O)[C@H]4C[C@@]2(CO[C@@H]2O[C@H](C)[C@@H](O)[C@@H](O)[C@@H]2O)[C@]13C(=O)O. The van der Waals surface area contributed by atoms with Crippen LogP contribution in [-0.4, -0.2) is 80.7 Å². The molecule has 5 rings (SSSR count). The number of ether oxygens (including phenoxy) is 2. The number of carbonyl (C=O) groups is 2. The third-order valence-corrected chi connectivity index (χ3v) is 10.5. The van der Waals surface area contributed by atoms with E-state index in [-0.39, 0.29) is 30.3 Å². The second-order valence-corrected chi connectivity index (χ2v) is 12.3. The van der Waals surface area contributed by atoms with Gasteiger partial charge in [0.05, 0.1) is 23.7 Å². The van der Waals surface area contributed by atoms with E-state index < -0.39 is 58.5 Å². The van der Waals surface area contributed by atoms with Crippen molar-refractivity contribution in [2.45, 2.75) is 89.7 Å². The predicted octanol–water partition coefficient (Wildman–Crippen LogP) is 0.870. The molecule has 0 aromatic rings. The summed E-state index contributed by atoms with van der Waals surface area (Å²) in [5.74, 6) is -1.93. The average molecular weight is 495 g/mol. The molecule has 1 unspecified atom stereocenters. The molecule has 0 amide bonds. The molecule has 5 N–H and O–H groups in total. The molecule has 12 atom stereocenters. The van der Waals surface area contributed by atoms with Crippen molar-refractivity contribution in [3.05, 3.63) is 11.6 Å². The van der Waals surface area contributed by atoms with E-state index in [1.54, 1.807) is 13.8 Å². The maximum atomic E-state index is 13.4. The minimum atomic E-state index is -1.52. The van der Waals surface area contributed by atoms with Crippen LogP contribution in [0, 0.1) is 39.9 Å². The van der Waals surface area contributed by atoms with Gasteiger partial charge >= 0.3 is 5.97 Å². The van der Waals surface area contributed by atoms with Crippen LogP contribution in [0.5, 0.6) is 0 Å². The fourth-order valence-electron chi connectivity index (χ4n) is 8.98. The number of carboxylic acid groups (broad SMARTS) is 1. The van der Waals surface area contributed by atoms with E-state index in [2.05, 4.69) is 0 Å². The number of carbonyl (C=O) groups excluding carboxylic acids is 1. The van der Waals surface area contributed by atoms with Gasteiger partial charge in [-0.05, 0) is 63.2 Å². The maximum absolute atomic E-state index is 13.4. The maximum Gasteiger partial charge on any atom is 0.315 e. The van der Waals surface area contributed by atoms with Gasteiger partial charge < -0.3 is 39.8 Å². The van der Waals surface area contributed by atoms with Gasteiger partial charge in [0.15, 0.2) is 6.29 Å². The van der Waals surface area contributed by atoms with Crippen molar-refractivity contribution < 1.29 is 44.6 Å². The van der Waals surface area contributed by atoms with Gasteiger partial charge in [-0.2, -0.15) is 0 Å². The first-order valence-electron chi connectivity index (χ1n) is 12.8. The summed E-state index contributed by atoms with van der Waals surface area (Å²) in [6.07, 6.45) is -1.62. The molecular weight excluding hydrogens is 456 g/mol. The monoisotopic (exact) mass is 494 g/mol. The van der Waals surface area contributed by atoms with Crippen LogP contribution in [0.1, 0.15) is 53.4 Å². The number of allylic oxidation sites excluding steroid dienone is 1. The molecule has 196 valence electrons. The first-order chi connectivity index (χ1) is 16.3. The van der Waals surface area contributed by atoms with Crippen LogP contribution in [-0.2, 0) is 19.1 Å². The molecule has 0 radical (unpaired) electrons. The second-order valence-electron chi connectivity index (χ2n) is 12.3. The van der Waals surface area contributed by atoms with Gasteiger partial charge in [-0.15, -0.1) is 0 Å². The summed E-state index contributed by atoms with van der Waals surface area (Å²) in [5, 5.41) is 53.1. The number of carboxylic acids is 1. The Hall–Kier alpha value is -1.36. The lowest BCUT2D eigenvalue weighted by Crippen LogP contribution is -2.65. The Balaban J connectivity index is 1.61. The van der Waals surface area contributed by atoms with Crippen LogP contribution < -0.4 is 0 Å². The Labute approximate surface area is 205 Å². The Morgan fingerprint density at radius 2 is 1.89 bits per heavy atom. The summed E-state index contributed by atoms with van der Waals surface area (Å²) in [4.78, 5) is 26.5. The normalized spacial score (nSPS) is 54.6. The number of hydrogen-bond acceptors (Lipinski definition) is 8. The van der Waals surface area contributed by atoms with Crippen LogP contribution in [0.4, 0.5) is 0 Å². The minimum absolute atomic E-state index is 0.109. The summed E-state index contributed by atoms with van der Waals surface area (Å²) in [5.41, 5.74) is -3.98. The highest BCUT2D eigenvalue weighted by atomic mass is 16.7. The van der Waals surface area contributed by atoms with Crippen molar-refractivity contribution >= 4 is 12.3 Å². The molecule has 0 aromatic heterocycles. The minimum Gasteiger partial charge on any atom is -0.481 e. The first-order valence-corrected chi connectivity index (χ1v) is 12.8. The average Bonchev–Trinajstić information content (AvgIpc) is 3.32. The molecule has 1 heterocycles. The fourth-order valence-corrected chi connectivity index (χ4v) is 8.98. The van der Waals surface area contributed by atoms with Crippen LogP contribution >= 0.6 is 0 Å². The largest absolute Gasteiger partial charge is 0.481 e. The summed E-state index contributed by atoms with van der Waals surface area (Å²) in [6.45, 7) is 7.09. The molecule has 9 nitrogen and oxygen atoms in total. The smallest absolute Gasteiger partial charge is 0.315 e. The van der Waals surface area contributed by atoms with Crippen LogP contribution in [0.25, 0.3) is 0 Å². The molecule has 4 aliphatic carbocycles. The molecule has 1 saturated heterocycles. The van der Waals surface area contributed by atoms with E-state index in [1.807, 2.05) is 19.9 Å². The highest BCUT2D eigenvalue weighted by Gasteiger charge is 2.85. The lowest BCUT2D eigenvalue weighted by molar-refractivity contribution is -0.304. The van der Waals surface area contributed by atoms with Crippen molar-refractivity contribution in [2.75, 3.05) is 6.61 Å². The Bertz CT molecular complexity index is 945. The van der Waals surface area contributed by atoms with Gasteiger partial charge in [-0.3, -0.25) is 4.79 Å². The quantitative estimate of drug-likeness (QED) is 0.267. The standard InChI is InChI=1S/C26H38O9/c1-12(2)16-7-14-8-24(10-27)15-5-6-23(4,33)17(15)9-25(14,26(16,24)22(31)32)11-34-21-20(30)19(29)18(28)13(3)35-21/h7,10,12-15,17-21,28-30,33H,5-6,8-9,11H2,1-4H3,(H,31,32)/t13-,14-,15-,17+,18-,19-,20+,21-,23+,24?,25+,26+/m1/s1. The van der Waals surface area contributed by atoms with Crippen molar-refractivity contribution in [3.63, 3.8) is 0 Å². The molecule has 35 heavy (non-hydrogen) atoms. The molecule has 9 heteroatoms. The van der Waals surface area contributed by atoms with Gasteiger partial charge in [0.2, 0.25) is 0 Å². The van der Waals surface area contributed by atoms with Crippen molar-refractivity contribution in [3.8, 4) is 0 Å². The Morgan fingerprint density at radius 3 is 2.49 bits per heavy atom. The third kappa shape index (κ3) is 2.85. The van der Waals surface area contributed by atoms with E-state index >= 15 is 0 Å². The van der Waals surface area contributed by atoms with E-state index in [0.29, 0.717) is 25.7 Å². The number of aldehydes is 1. The fraction of sp³-hybridized carbons (Fsp3) is 0.846. The van der Waals surface area contributed by atoms with E-state index in [1.165, 1.54) is 0 Å². The highest BCUT2D eigenvalue weighted by molar-refractivity contribution is 5.90. The molecule has 3 saturated carbocycles. The number of hydrogen-bond donors (Lipinski definition) is 5. The molecule has 4 fully saturated rings. The molecular formula is C26H38O9. The van der Waals surface area contributed by atoms with Gasteiger partial charge in [0, 0.05) is 5.41 Å². The number of fused-ring (bicyclic) bond motifs is 2. The van der Waals surface area contributed by atoms with Crippen LogP contribution in [0.15, 0.2) is 11.6 Å². The second kappa shape index (κ2) is 7.82. The number of aliphatic hydroxyl groups is 4. The zero-order chi connectivity index (χ0) is 25.7. The van der Waals surface area contributed by atoms with Crippen LogP contribution in [0.2, 0.25) is 0 Å². The summed E-state index contributed by atoms with van der Waals surface area (Å²) < 4.78 is 11.7. The molecule has 4 bridgehead atoms. The Morgan fingerprint density at radius 1 is 1.20 bits per heavy atom. The van der Waals surface area contributed by atoms with Gasteiger partial charge in [-0.1, -0.05) is 25.5 Å². The number of aliphatic carboxylic acids is 1. The van der Waals surface area contributed by atoms with Crippen LogP contribution in [0.3, 0.4) is 0 Å². The molecule has 0 aromatic carbocycles. The van der Waals surface area contributed by atoms with Gasteiger partial charge in [0.25, 0.3) is 0 Å². The molecule has 0 spiro atoms. The highest BCUT2D eigenvalue weighted by Crippen LogP contribution is 2.82. The van der Waals surface area contributed by atoms with Crippen molar-refractivity contribution in [1.82, 2.24) is 0 Å². The van der Waals surface area contributed by atoms with E-state index in [9.17, 15) is 35.1 Å². The van der Waals surface area contributed by atoms with Gasteiger partial charge in [-0.25, -0.2) is 0 Å². The topological polar surface area (TPSA) is 154 Å². The molecule has 1 aliphatic heterocycles. The first kappa shape index (κ1) is 25.3. The summed E-state index contributed by atoms with van der Waals surface area (Å²) in [7, 11) is 0. The van der Waals surface area contributed by atoms with Crippen molar-refractivity contribution in [2.24, 2.45) is 39.9 Å². The number of rotatable bonds is 6. The summed E-state index contributed by atoms with van der Waals surface area (Å²) in [6, 6.07) is 0. The zero-order valence-corrected chi connectivity index (χ0v) is 20.8. The predicted molar refractivity (Wildman–Crippen MR) is 122 cm³/mol. The third-order valence-electron chi connectivity index (χ3n) is 10.5. The lowest BCUT2D eigenvalue weighted by atomic mass is 9.42. The lowest BCUT2D eigenvalue weighted by Gasteiger charge is -2.59. The van der Waals surface area contributed by atoms with E-state index in [4.69, 9.17) is 9.47 Å². The van der Waals surface area contributed by atoms with Crippen molar-refractivity contribution in [1.29, 1.82) is 0 Å². The number of aliphatic hydroxyl groups excluding tert-OH is 3.